The monoisotopic (exact) mass is 299 g/mol. The summed E-state index contributed by atoms with van der Waals surface area (Å²) < 4.78 is 10.6. The Balaban J connectivity index is 2.08. The van der Waals surface area contributed by atoms with Crippen molar-refractivity contribution in [3.63, 3.8) is 0 Å². The van der Waals surface area contributed by atoms with Crippen LogP contribution in [-0.2, 0) is 11.2 Å². The van der Waals surface area contributed by atoms with Crippen LogP contribution in [0, 0.1) is 0 Å². The van der Waals surface area contributed by atoms with Gasteiger partial charge in [0.25, 0.3) is 0 Å². The first-order chi connectivity index (χ1) is 10.6. The normalized spacial score (nSPS) is 11.6. The van der Waals surface area contributed by atoms with E-state index in [4.69, 9.17) is 9.47 Å². The summed E-state index contributed by atoms with van der Waals surface area (Å²) in [6.07, 6.45) is 0.359. The molecular formula is C18H21NO3. The van der Waals surface area contributed by atoms with Gasteiger partial charge in [0.1, 0.15) is 11.5 Å². The number of hydrogen-bond acceptors (Lipinski definition) is 3. The second-order valence-electron chi connectivity index (χ2n) is 5.06. The first-order valence-electron chi connectivity index (χ1n) is 7.19. The number of ether oxygens (including phenoxy) is 2. The lowest BCUT2D eigenvalue weighted by atomic mass is 10.1. The fourth-order valence-corrected chi connectivity index (χ4v) is 2.33. The molecule has 0 heterocycles. The van der Waals surface area contributed by atoms with Crippen molar-refractivity contribution in [2.45, 2.75) is 19.4 Å². The second-order valence-corrected chi connectivity index (χ2v) is 5.06. The Kier molecular flexibility index (Phi) is 5.42. The molecule has 2 rings (SSSR count). The van der Waals surface area contributed by atoms with E-state index in [1.54, 1.807) is 14.2 Å². The average molecular weight is 299 g/mol. The summed E-state index contributed by atoms with van der Waals surface area (Å²) in [6, 6.07) is 15.1. The highest BCUT2D eigenvalue weighted by atomic mass is 16.5. The summed E-state index contributed by atoms with van der Waals surface area (Å²) in [5.74, 6) is 1.44. The van der Waals surface area contributed by atoms with Crippen LogP contribution in [0.25, 0.3) is 0 Å². The van der Waals surface area contributed by atoms with Crippen LogP contribution in [0.2, 0.25) is 0 Å². The molecule has 22 heavy (non-hydrogen) atoms. The molecule has 0 aromatic heterocycles. The number of amides is 1. The smallest absolute Gasteiger partial charge is 0.224 e. The predicted molar refractivity (Wildman–Crippen MR) is 86.2 cm³/mol. The molecule has 0 radical (unpaired) electrons. The molecule has 0 unspecified atom stereocenters. The quantitative estimate of drug-likeness (QED) is 0.891. The molecule has 116 valence electrons. The highest BCUT2D eigenvalue weighted by Crippen LogP contribution is 2.29. The second kappa shape index (κ2) is 7.50. The molecule has 1 amide bonds. The number of carbonyl (C=O) groups is 1. The van der Waals surface area contributed by atoms with E-state index in [0.29, 0.717) is 6.42 Å². The molecule has 4 nitrogen and oxygen atoms in total. The van der Waals surface area contributed by atoms with Gasteiger partial charge in [0.2, 0.25) is 5.91 Å². The molecular weight excluding hydrogens is 278 g/mol. The van der Waals surface area contributed by atoms with E-state index in [-0.39, 0.29) is 11.9 Å². The van der Waals surface area contributed by atoms with E-state index in [1.807, 2.05) is 55.5 Å². The van der Waals surface area contributed by atoms with Gasteiger partial charge in [-0.05, 0) is 30.7 Å². The summed E-state index contributed by atoms with van der Waals surface area (Å²) in [5.41, 5.74) is 1.88. The van der Waals surface area contributed by atoms with Crippen molar-refractivity contribution in [2.75, 3.05) is 14.2 Å². The van der Waals surface area contributed by atoms with Crippen LogP contribution >= 0.6 is 0 Å². The molecule has 1 N–H and O–H groups in total. The van der Waals surface area contributed by atoms with Gasteiger partial charge in [0.15, 0.2) is 0 Å². The molecule has 0 aliphatic carbocycles. The van der Waals surface area contributed by atoms with Crippen molar-refractivity contribution in [1.82, 2.24) is 5.32 Å². The Morgan fingerprint density at radius 1 is 1.09 bits per heavy atom. The zero-order chi connectivity index (χ0) is 15.9. The van der Waals surface area contributed by atoms with E-state index in [2.05, 4.69) is 5.32 Å². The zero-order valence-electron chi connectivity index (χ0n) is 13.1. The van der Waals surface area contributed by atoms with E-state index in [0.717, 1.165) is 22.6 Å². The van der Waals surface area contributed by atoms with E-state index < -0.39 is 0 Å². The Morgan fingerprint density at radius 3 is 2.45 bits per heavy atom. The fourth-order valence-electron chi connectivity index (χ4n) is 2.33. The van der Waals surface area contributed by atoms with Gasteiger partial charge in [-0.25, -0.2) is 0 Å². The van der Waals surface area contributed by atoms with Crippen molar-refractivity contribution in [3.05, 3.63) is 59.7 Å². The summed E-state index contributed by atoms with van der Waals surface area (Å²) >= 11 is 0. The fraction of sp³-hybridized carbons (Fsp3) is 0.278. The van der Waals surface area contributed by atoms with Gasteiger partial charge in [0, 0.05) is 5.56 Å². The lowest BCUT2D eigenvalue weighted by Crippen LogP contribution is -2.28. The van der Waals surface area contributed by atoms with Crippen LogP contribution < -0.4 is 14.8 Å². The minimum Gasteiger partial charge on any atom is -0.497 e. The molecule has 0 aliphatic rings. The molecule has 0 fully saturated rings. The van der Waals surface area contributed by atoms with Crippen molar-refractivity contribution in [2.24, 2.45) is 0 Å². The highest BCUT2D eigenvalue weighted by Gasteiger charge is 2.15. The van der Waals surface area contributed by atoms with E-state index in [1.165, 1.54) is 0 Å². The van der Waals surface area contributed by atoms with Crippen molar-refractivity contribution in [1.29, 1.82) is 0 Å². The zero-order valence-corrected chi connectivity index (χ0v) is 13.1. The van der Waals surface area contributed by atoms with Crippen LogP contribution in [0.5, 0.6) is 11.5 Å². The summed E-state index contributed by atoms with van der Waals surface area (Å²) in [5, 5.41) is 3.00. The van der Waals surface area contributed by atoms with Crippen LogP contribution in [0.15, 0.2) is 48.5 Å². The number of rotatable bonds is 6. The molecule has 2 aromatic rings. The molecule has 0 spiro atoms. The van der Waals surface area contributed by atoms with Crippen LogP contribution in [0.3, 0.4) is 0 Å². The number of benzene rings is 2. The van der Waals surface area contributed by atoms with Gasteiger partial charge in [0.05, 0.1) is 26.7 Å². The maximum Gasteiger partial charge on any atom is 0.224 e. The van der Waals surface area contributed by atoms with Gasteiger partial charge >= 0.3 is 0 Å². The topological polar surface area (TPSA) is 47.6 Å². The van der Waals surface area contributed by atoms with Gasteiger partial charge in [-0.1, -0.05) is 30.3 Å². The van der Waals surface area contributed by atoms with Crippen LogP contribution in [0.4, 0.5) is 0 Å². The molecule has 1 atom stereocenters. The van der Waals surface area contributed by atoms with E-state index >= 15 is 0 Å². The van der Waals surface area contributed by atoms with Crippen molar-refractivity contribution < 1.29 is 14.3 Å². The van der Waals surface area contributed by atoms with Crippen molar-refractivity contribution >= 4 is 5.91 Å². The number of carbonyl (C=O) groups excluding carboxylic acids is 1. The first kappa shape index (κ1) is 15.9. The van der Waals surface area contributed by atoms with Gasteiger partial charge < -0.3 is 14.8 Å². The average Bonchev–Trinajstić information content (AvgIpc) is 2.54. The third kappa shape index (κ3) is 4.01. The van der Waals surface area contributed by atoms with Crippen LogP contribution in [-0.4, -0.2) is 20.1 Å². The predicted octanol–water partition coefficient (Wildman–Crippen LogP) is 3.12. The minimum atomic E-state index is -0.165. The Morgan fingerprint density at radius 2 is 1.82 bits per heavy atom. The molecule has 2 aromatic carbocycles. The summed E-state index contributed by atoms with van der Waals surface area (Å²) in [7, 11) is 3.23. The highest BCUT2D eigenvalue weighted by molar-refractivity contribution is 5.79. The largest absolute Gasteiger partial charge is 0.497 e. The van der Waals surface area contributed by atoms with Gasteiger partial charge in [-0.15, -0.1) is 0 Å². The maximum atomic E-state index is 12.2. The molecule has 4 heteroatoms. The number of methoxy groups -OCH3 is 2. The molecule has 0 saturated carbocycles. The van der Waals surface area contributed by atoms with Gasteiger partial charge in [-0.3, -0.25) is 4.79 Å². The Hall–Kier alpha value is -2.49. The minimum absolute atomic E-state index is 0.0245. The number of nitrogens with one attached hydrogen (secondary N) is 1. The van der Waals surface area contributed by atoms with Crippen molar-refractivity contribution in [3.8, 4) is 11.5 Å². The standard InChI is InChI=1S/C18H21NO3/c1-13(16-12-15(21-2)9-10-17(16)22-3)19-18(20)11-14-7-5-4-6-8-14/h4-10,12-13H,11H2,1-3H3,(H,19,20)/t13-/m0/s1. The lowest BCUT2D eigenvalue weighted by Gasteiger charge is -2.18. The lowest BCUT2D eigenvalue weighted by molar-refractivity contribution is -0.121. The van der Waals surface area contributed by atoms with E-state index in [9.17, 15) is 4.79 Å². The Bertz CT molecular complexity index is 625. The summed E-state index contributed by atoms with van der Waals surface area (Å²) in [6.45, 7) is 1.93. The van der Waals surface area contributed by atoms with Gasteiger partial charge in [-0.2, -0.15) is 0 Å². The SMILES string of the molecule is COc1ccc(OC)c([C@H](C)NC(=O)Cc2ccccc2)c1. The number of hydrogen-bond donors (Lipinski definition) is 1. The summed E-state index contributed by atoms with van der Waals surface area (Å²) in [4.78, 5) is 12.2. The third-order valence-electron chi connectivity index (χ3n) is 3.49. The molecule has 0 saturated heterocycles. The molecule has 0 aliphatic heterocycles. The maximum absolute atomic E-state index is 12.2. The third-order valence-corrected chi connectivity index (χ3v) is 3.49. The Labute approximate surface area is 131 Å². The first-order valence-corrected chi connectivity index (χ1v) is 7.19. The van der Waals surface area contributed by atoms with Crippen LogP contribution in [0.1, 0.15) is 24.1 Å². The molecule has 0 bridgehead atoms.